The molecular weight excluding hydrogens is 396 g/mol. The molecule has 0 aliphatic rings. The maximum Gasteiger partial charge on any atom is 0.161 e. The molecule has 3 rings (SSSR count). The number of hydrogen-bond acceptors (Lipinski definition) is 3. The first kappa shape index (κ1) is 21.1. The molecule has 0 fully saturated rings. The average Bonchev–Trinajstić information content (AvgIpc) is 2.70. The van der Waals surface area contributed by atoms with E-state index in [0.717, 1.165) is 11.1 Å². The lowest BCUT2D eigenvalue weighted by Crippen LogP contribution is -2.13. The molecular formula is C23H22ClF2NO2. The zero-order valence-electron chi connectivity index (χ0n) is 16.1. The summed E-state index contributed by atoms with van der Waals surface area (Å²) < 4.78 is 37.7. The summed E-state index contributed by atoms with van der Waals surface area (Å²) in [5, 5.41) is 3.65. The first-order valence-corrected chi connectivity index (χ1v) is 9.70. The molecule has 29 heavy (non-hydrogen) atoms. The summed E-state index contributed by atoms with van der Waals surface area (Å²) in [5.41, 5.74) is 2.73. The number of hydrogen-bond donors (Lipinski definition) is 1. The highest BCUT2D eigenvalue weighted by molar-refractivity contribution is 6.31. The van der Waals surface area contributed by atoms with Crippen molar-refractivity contribution in [2.24, 2.45) is 0 Å². The van der Waals surface area contributed by atoms with Crippen LogP contribution in [0.4, 0.5) is 8.78 Å². The van der Waals surface area contributed by atoms with Gasteiger partial charge >= 0.3 is 0 Å². The molecule has 3 aromatic rings. The number of ether oxygens (including phenoxy) is 2. The summed E-state index contributed by atoms with van der Waals surface area (Å²) in [6.45, 7) is 3.87. The third kappa shape index (κ3) is 6.17. The molecule has 0 spiro atoms. The summed E-state index contributed by atoms with van der Waals surface area (Å²) in [4.78, 5) is 0. The largest absolute Gasteiger partial charge is 0.490 e. The molecule has 6 heteroatoms. The van der Waals surface area contributed by atoms with E-state index in [4.69, 9.17) is 21.1 Å². The molecule has 0 bridgehead atoms. The lowest BCUT2D eigenvalue weighted by Gasteiger charge is -2.14. The molecule has 0 amide bonds. The van der Waals surface area contributed by atoms with E-state index in [9.17, 15) is 8.78 Å². The van der Waals surface area contributed by atoms with Crippen LogP contribution >= 0.6 is 11.6 Å². The van der Waals surface area contributed by atoms with Crippen molar-refractivity contribution < 1.29 is 18.3 Å². The fourth-order valence-electron chi connectivity index (χ4n) is 2.80. The van der Waals surface area contributed by atoms with Crippen LogP contribution in [0.2, 0.25) is 5.02 Å². The molecule has 0 aliphatic carbocycles. The van der Waals surface area contributed by atoms with Gasteiger partial charge in [-0.2, -0.15) is 0 Å². The van der Waals surface area contributed by atoms with Gasteiger partial charge in [0.15, 0.2) is 11.5 Å². The van der Waals surface area contributed by atoms with Crippen LogP contribution < -0.4 is 14.8 Å². The summed E-state index contributed by atoms with van der Waals surface area (Å²) in [6, 6.07) is 16.3. The van der Waals surface area contributed by atoms with E-state index in [1.54, 1.807) is 18.2 Å². The van der Waals surface area contributed by atoms with E-state index < -0.39 is 0 Å². The SMILES string of the molecule is CCOc1cc(CNCc2ccc(F)cc2)ccc1OCc1ccc(F)cc1Cl. The summed E-state index contributed by atoms with van der Waals surface area (Å²) in [5.74, 6) is 0.597. The minimum absolute atomic E-state index is 0.210. The molecule has 0 radical (unpaired) electrons. The maximum absolute atomic E-state index is 13.2. The smallest absolute Gasteiger partial charge is 0.161 e. The van der Waals surface area contributed by atoms with Crippen molar-refractivity contribution in [3.63, 3.8) is 0 Å². The van der Waals surface area contributed by atoms with E-state index in [0.29, 0.717) is 41.8 Å². The van der Waals surface area contributed by atoms with E-state index in [1.807, 2.05) is 25.1 Å². The Kier molecular flexibility index (Phi) is 7.44. The molecule has 152 valence electrons. The van der Waals surface area contributed by atoms with Crippen molar-refractivity contribution in [2.75, 3.05) is 6.61 Å². The van der Waals surface area contributed by atoms with Crippen molar-refractivity contribution in [3.05, 3.63) is 94.0 Å². The normalized spacial score (nSPS) is 10.8. The predicted molar refractivity (Wildman–Crippen MR) is 110 cm³/mol. The van der Waals surface area contributed by atoms with Crippen LogP contribution in [0.15, 0.2) is 60.7 Å². The van der Waals surface area contributed by atoms with Gasteiger partial charge in [0, 0.05) is 18.7 Å². The fourth-order valence-corrected chi connectivity index (χ4v) is 3.02. The van der Waals surface area contributed by atoms with Crippen LogP contribution in [0.5, 0.6) is 11.5 Å². The number of rotatable bonds is 9. The highest BCUT2D eigenvalue weighted by Gasteiger charge is 2.09. The Hall–Kier alpha value is -2.63. The van der Waals surface area contributed by atoms with E-state index in [2.05, 4.69) is 5.32 Å². The predicted octanol–water partition coefficient (Wildman–Crippen LogP) is 5.89. The first-order chi connectivity index (χ1) is 14.0. The standard InChI is InChI=1S/C23H22ClF2NO2/c1-2-28-23-11-17(14-27-13-16-3-7-19(25)8-4-16)5-10-22(23)29-15-18-6-9-20(26)12-21(18)24/h3-12,27H,2,13-15H2,1H3. The topological polar surface area (TPSA) is 30.5 Å². The third-order valence-corrected chi connectivity index (χ3v) is 4.63. The van der Waals surface area contributed by atoms with Gasteiger partial charge in [-0.3, -0.25) is 0 Å². The van der Waals surface area contributed by atoms with Gasteiger partial charge < -0.3 is 14.8 Å². The van der Waals surface area contributed by atoms with Crippen LogP contribution in [-0.2, 0) is 19.7 Å². The molecule has 0 unspecified atom stereocenters. The van der Waals surface area contributed by atoms with Crippen molar-refractivity contribution in [3.8, 4) is 11.5 Å². The minimum atomic E-state index is -0.383. The third-order valence-electron chi connectivity index (χ3n) is 4.28. The van der Waals surface area contributed by atoms with Crippen molar-refractivity contribution in [2.45, 2.75) is 26.6 Å². The van der Waals surface area contributed by atoms with Gasteiger partial charge in [-0.25, -0.2) is 8.78 Å². The molecule has 3 nitrogen and oxygen atoms in total. The van der Waals surface area contributed by atoms with Crippen molar-refractivity contribution >= 4 is 11.6 Å². The van der Waals surface area contributed by atoms with Crippen molar-refractivity contribution in [1.29, 1.82) is 0 Å². The monoisotopic (exact) mass is 417 g/mol. The van der Waals surface area contributed by atoms with Gasteiger partial charge in [0.2, 0.25) is 0 Å². The summed E-state index contributed by atoms with van der Waals surface area (Å²) in [7, 11) is 0. The van der Waals surface area contributed by atoms with E-state index >= 15 is 0 Å². The van der Waals surface area contributed by atoms with Gasteiger partial charge in [0.25, 0.3) is 0 Å². The number of nitrogens with one attached hydrogen (secondary N) is 1. The molecule has 0 aromatic heterocycles. The molecule has 0 saturated heterocycles. The fraction of sp³-hybridized carbons (Fsp3) is 0.217. The minimum Gasteiger partial charge on any atom is -0.490 e. The Morgan fingerprint density at radius 2 is 1.48 bits per heavy atom. The quantitative estimate of drug-likeness (QED) is 0.471. The molecule has 0 aliphatic heterocycles. The highest BCUT2D eigenvalue weighted by atomic mass is 35.5. The van der Waals surface area contributed by atoms with Gasteiger partial charge in [0.1, 0.15) is 18.2 Å². The van der Waals surface area contributed by atoms with E-state index in [1.165, 1.54) is 24.3 Å². The Morgan fingerprint density at radius 1 is 0.793 bits per heavy atom. The van der Waals surface area contributed by atoms with Gasteiger partial charge in [-0.15, -0.1) is 0 Å². The van der Waals surface area contributed by atoms with Crippen LogP contribution in [0, 0.1) is 11.6 Å². The Balaban J connectivity index is 1.62. The zero-order chi connectivity index (χ0) is 20.6. The Bertz CT molecular complexity index is 948. The molecule has 0 saturated carbocycles. The van der Waals surface area contributed by atoms with Gasteiger partial charge in [-0.05, 0) is 54.4 Å². The van der Waals surface area contributed by atoms with Crippen LogP contribution in [-0.4, -0.2) is 6.61 Å². The van der Waals surface area contributed by atoms with Crippen LogP contribution in [0.3, 0.4) is 0 Å². The molecule has 0 atom stereocenters. The van der Waals surface area contributed by atoms with Gasteiger partial charge in [-0.1, -0.05) is 35.9 Å². The Labute approximate surface area is 174 Å². The van der Waals surface area contributed by atoms with Crippen LogP contribution in [0.1, 0.15) is 23.6 Å². The second kappa shape index (κ2) is 10.2. The number of benzene rings is 3. The lowest BCUT2D eigenvalue weighted by molar-refractivity contribution is 0.269. The molecule has 1 N–H and O–H groups in total. The average molecular weight is 418 g/mol. The second-order valence-electron chi connectivity index (χ2n) is 6.47. The highest BCUT2D eigenvalue weighted by Crippen LogP contribution is 2.30. The van der Waals surface area contributed by atoms with Crippen LogP contribution in [0.25, 0.3) is 0 Å². The lowest BCUT2D eigenvalue weighted by atomic mass is 10.1. The summed E-state index contributed by atoms with van der Waals surface area (Å²) >= 11 is 6.06. The number of halogens is 3. The summed E-state index contributed by atoms with van der Waals surface area (Å²) in [6.07, 6.45) is 0. The van der Waals surface area contributed by atoms with Crippen molar-refractivity contribution in [1.82, 2.24) is 5.32 Å². The zero-order valence-corrected chi connectivity index (χ0v) is 16.8. The Morgan fingerprint density at radius 3 is 2.21 bits per heavy atom. The maximum atomic E-state index is 13.2. The first-order valence-electron chi connectivity index (χ1n) is 9.32. The van der Waals surface area contributed by atoms with Gasteiger partial charge in [0.05, 0.1) is 11.6 Å². The molecule has 0 heterocycles. The van der Waals surface area contributed by atoms with E-state index in [-0.39, 0.29) is 18.2 Å². The molecule has 3 aromatic carbocycles. The second-order valence-corrected chi connectivity index (χ2v) is 6.88.